The van der Waals surface area contributed by atoms with Gasteiger partial charge in [-0.2, -0.15) is 0 Å². The molecule has 7 nitrogen and oxygen atoms in total. The van der Waals surface area contributed by atoms with Crippen molar-refractivity contribution in [2.75, 3.05) is 37.8 Å². The molecule has 1 saturated heterocycles. The molecule has 0 bridgehead atoms. The van der Waals surface area contributed by atoms with Gasteiger partial charge in [-0.15, -0.1) is 0 Å². The van der Waals surface area contributed by atoms with Gasteiger partial charge in [0.15, 0.2) is 0 Å². The number of sulfonamides is 1. The maximum atomic E-state index is 12.1. The largest absolute Gasteiger partial charge is 0.352 e. The minimum Gasteiger partial charge on any atom is -0.352 e. The van der Waals surface area contributed by atoms with Crippen molar-refractivity contribution in [3.05, 3.63) is 29.8 Å². The third-order valence-electron chi connectivity index (χ3n) is 4.02. The first-order valence-electron chi connectivity index (χ1n) is 7.89. The molecule has 1 aromatic rings. The van der Waals surface area contributed by atoms with Crippen LogP contribution in [-0.4, -0.2) is 57.5 Å². The molecule has 0 aliphatic carbocycles. The van der Waals surface area contributed by atoms with Crippen molar-refractivity contribution in [2.45, 2.75) is 19.3 Å². The van der Waals surface area contributed by atoms with Gasteiger partial charge in [0.25, 0.3) is 5.91 Å². The van der Waals surface area contributed by atoms with Crippen LogP contribution in [0.25, 0.3) is 0 Å². The molecule has 0 radical (unpaired) electrons. The number of benzene rings is 1. The Bertz CT molecular complexity index is 701. The van der Waals surface area contributed by atoms with Crippen LogP contribution in [0.3, 0.4) is 0 Å². The molecule has 24 heavy (non-hydrogen) atoms. The van der Waals surface area contributed by atoms with Gasteiger partial charge in [0.2, 0.25) is 15.9 Å². The molecule has 1 N–H and O–H groups in total. The first-order valence-corrected chi connectivity index (χ1v) is 9.74. The lowest BCUT2D eigenvalue weighted by atomic mass is 10.2. The molecule has 0 aromatic heterocycles. The third kappa shape index (κ3) is 4.78. The van der Waals surface area contributed by atoms with Crippen molar-refractivity contribution < 1.29 is 18.0 Å². The zero-order valence-corrected chi connectivity index (χ0v) is 14.8. The lowest BCUT2D eigenvalue weighted by Crippen LogP contribution is -2.31. The standard InChI is InChI=1S/C16H23N3O4S/c1-18(24(2,22)23)11-4-10-17-16(21)13-6-8-14(9-7-13)19-12-3-5-15(19)20/h6-9H,3-5,10-12H2,1-2H3,(H,17,21). The highest BCUT2D eigenvalue weighted by molar-refractivity contribution is 7.88. The topological polar surface area (TPSA) is 86.8 Å². The molecule has 1 aliphatic rings. The van der Waals surface area contributed by atoms with Gasteiger partial charge in [0.1, 0.15) is 0 Å². The fourth-order valence-electron chi connectivity index (χ4n) is 2.49. The van der Waals surface area contributed by atoms with Crippen LogP contribution in [0.15, 0.2) is 24.3 Å². The molecular weight excluding hydrogens is 330 g/mol. The number of anilines is 1. The van der Waals surface area contributed by atoms with Crippen LogP contribution in [0, 0.1) is 0 Å². The monoisotopic (exact) mass is 353 g/mol. The summed E-state index contributed by atoms with van der Waals surface area (Å²) in [5.74, 6) is -0.0986. The van der Waals surface area contributed by atoms with Gasteiger partial charge >= 0.3 is 0 Å². The maximum Gasteiger partial charge on any atom is 0.251 e. The minimum absolute atomic E-state index is 0.113. The quantitative estimate of drug-likeness (QED) is 0.736. The average molecular weight is 353 g/mol. The second-order valence-corrected chi connectivity index (χ2v) is 7.98. The van der Waals surface area contributed by atoms with Crippen LogP contribution in [-0.2, 0) is 14.8 Å². The fourth-order valence-corrected chi connectivity index (χ4v) is 2.95. The summed E-state index contributed by atoms with van der Waals surface area (Å²) in [5, 5.41) is 2.76. The Morgan fingerprint density at radius 1 is 1.29 bits per heavy atom. The van der Waals surface area contributed by atoms with Gasteiger partial charge in [0, 0.05) is 44.4 Å². The summed E-state index contributed by atoms with van der Waals surface area (Å²) in [6.07, 6.45) is 3.13. The highest BCUT2D eigenvalue weighted by Gasteiger charge is 2.21. The zero-order chi connectivity index (χ0) is 17.7. The number of nitrogens with zero attached hydrogens (tertiary/aromatic N) is 2. The molecule has 1 fully saturated rings. The highest BCUT2D eigenvalue weighted by atomic mass is 32.2. The molecular formula is C16H23N3O4S. The van der Waals surface area contributed by atoms with Crippen molar-refractivity contribution in [2.24, 2.45) is 0 Å². The predicted octanol–water partition coefficient (Wildman–Crippen LogP) is 0.825. The normalized spacial score (nSPS) is 15.1. The van der Waals surface area contributed by atoms with E-state index in [-0.39, 0.29) is 11.8 Å². The molecule has 0 spiro atoms. The number of rotatable bonds is 7. The van der Waals surface area contributed by atoms with E-state index in [2.05, 4.69) is 5.32 Å². The van der Waals surface area contributed by atoms with E-state index in [1.54, 1.807) is 29.2 Å². The summed E-state index contributed by atoms with van der Waals surface area (Å²) < 4.78 is 23.8. The van der Waals surface area contributed by atoms with E-state index in [0.717, 1.165) is 24.9 Å². The van der Waals surface area contributed by atoms with Gasteiger partial charge in [0.05, 0.1) is 6.26 Å². The molecule has 0 saturated carbocycles. The Morgan fingerprint density at radius 3 is 2.50 bits per heavy atom. The summed E-state index contributed by atoms with van der Waals surface area (Å²) in [5.41, 5.74) is 1.32. The first kappa shape index (κ1) is 18.4. The van der Waals surface area contributed by atoms with Crippen LogP contribution >= 0.6 is 0 Å². The predicted molar refractivity (Wildman–Crippen MR) is 92.5 cm³/mol. The van der Waals surface area contributed by atoms with Crippen molar-refractivity contribution in [3.63, 3.8) is 0 Å². The zero-order valence-electron chi connectivity index (χ0n) is 14.0. The fraction of sp³-hybridized carbons (Fsp3) is 0.500. The summed E-state index contributed by atoms with van der Waals surface area (Å²) in [6, 6.07) is 6.93. The Labute approximate surface area is 142 Å². The lowest BCUT2D eigenvalue weighted by Gasteiger charge is -2.16. The number of carbonyl (C=O) groups excluding carboxylic acids is 2. The summed E-state index contributed by atoms with van der Waals surface area (Å²) in [7, 11) is -1.68. The Balaban J connectivity index is 1.81. The molecule has 0 atom stereocenters. The third-order valence-corrected chi connectivity index (χ3v) is 5.33. The van der Waals surface area contributed by atoms with Crippen LogP contribution < -0.4 is 10.2 Å². The molecule has 2 amide bonds. The van der Waals surface area contributed by atoms with Gasteiger partial charge in [-0.25, -0.2) is 12.7 Å². The van der Waals surface area contributed by atoms with E-state index in [1.165, 1.54) is 11.4 Å². The number of hydrogen-bond donors (Lipinski definition) is 1. The van der Waals surface area contributed by atoms with Crippen LogP contribution in [0.1, 0.15) is 29.6 Å². The smallest absolute Gasteiger partial charge is 0.251 e. The molecule has 2 rings (SSSR count). The van der Waals surface area contributed by atoms with Crippen molar-refractivity contribution in [1.82, 2.24) is 9.62 Å². The Morgan fingerprint density at radius 2 is 1.96 bits per heavy atom. The van der Waals surface area contributed by atoms with Gasteiger partial charge in [-0.05, 0) is 37.1 Å². The maximum absolute atomic E-state index is 12.1. The second-order valence-electron chi connectivity index (χ2n) is 5.89. The highest BCUT2D eigenvalue weighted by Crippen LogP contribution is 2.21. The Kier molecular flexibility index (Phi) is 5.95. The van der Waals surface area contributed by atoms with Crippen molar-refractivity contribution in [3.8, 4) is 0 Å². The molecule has 1 aliphatic heterocycles. The lowest BCUT2D eigenvalue weighted by molar-refractivity contribution is -0.117. The molecule has 0 unspecified atom stereocenters. The van der Waals surface area contributed by atoms with Crippen LogP contribution in [0.5, 0.6) is 0 Å². The van der Waals surface area contributed by atoms with Crippen molar-refractivity contribution in [1.29, 1.82) is 0 Å². The van der Waals surface area contributed by atoms with Gasteiger partial charge in [-0.1, -0.05) is 0 Å². The molecule has 132 valence electrons. The van der Waals surface area contributed by atoms with E-state index in [4.69, 9.17) is 0 Å². The van der Waals surface area contributed by atoms with Gasteiger partial charge < -0.3 is 10.2 Å². The number of amides is 2. The first-order chi connectivity index (χ1) is 11.3. The van der Waals surface area contributed by atoms with Crippen LogP contribution in [0.2, 0.25) is 0 Å². The molecule has 1 aromatic carbocycles. The molecule has 1 heterocycles. The Hall–Kier alpha value is -1.93. The minimum atomic E-state index is -3.18. The second kappa shape index (κ2) is 7.76. The van der Waals surface area contributed by atoms with E-state index in [9.17, 15) is 18.0 Å². The summed E-state index contributed by atoms with van der Waals surface area (Å²) in [6.45, 7) is 1.47. The molecule has 8 heteroatoms. The average Bonchev–Trinajstić information content (AvgIpc) is 2.96. The van der Waals surface area contributed by atoms with E-state index >= 15 is 0 Å². The summed E-state index contributed by atoms with van der Waals surface area (Å²) >= 11 is 0. The van der Waals surface area contributed by atoms with Crippen molar-refractivity contribution >= 4 is 27.5 Å². The number of carbonyl (C=O) groups is 2. The summed E-state index contributed by atoms with van der Waals surface area (Å²) in [4.78, 5) is 25.5. The van der Waals surface area contributed by atoms with E-state index in [1.807, 2.05) is 0 Å². The SMILES string of the molecule is CN(CCCNC(=O)c1ccc(N2CCCC2=O)cc1)S(C)(=O)=O. The van der Waals surface area contributed by atoms with Crippen LogP contribution in [0.4, 0.5) is 5.69 Å². The number of nitrogens with one attached hydrogen (secondary N) is 1. The number of hydrogen-bond acceptors (Lipinski definition) is 4. The van der Waals surface area contributed by atoms with Gasteiger partial charge in [-0.3, -0.25) is 9.59 Å². The van der Waals surface area contributed by atoms with E-state index in [0.29, 0.717) is 31.5 Å². The van der Waals surface area contributed by atoms with E-state index < -0.39 is 10.0 Å².